The standard InChI is InChI=1S/C9H16N2O/c1-5-6-10-9(2)11(3)7-8-12-4/h5-6H,1-2,7-8H2,3-4H3/b10-6-. The van der Waals surface area contributed by atoms with E-state index in [9.17, 15) is 0 Å². The van der Waals surface area contributed by atoms with Crippen LogP contribution in [0.5, 0.6) is 0 Å². The second-order valence-corrected chi connectivity index (χ2v) is 2.34. The van der Waals surface area contributed by atoms with Gasteiger partial charge in [-0.2, -0.15) is 0 Å². The number of rotatable bonds is 6. The first-order valence-corrected chi connectivity index (χ1v) is 3.76. The quantitative estimate of drug-likeness (QED) is 0.558. The first-order chi connectivity index (χ1) is 5.72. The summed E-state index contributed by atoms with van der Waals surface area (Å²) in [4.78, 5) is 5.95. The van der Waals surface area contributed by atoms with Crippen LogP contribution < -0.4 is 0 Å². The third kappa shape index (κ3) is 4.68. The number of methoxy groups -OCH3 is 1. The van der Waals surface area contributed by atoms with Crippen LogP contribution in [0.1, 0.15) is 0 Å². The molecule has 0 rings (SSSR count). The number of ether oxygens (including phenoxy) is 1. The van der Waals surface area contributed by atoms with Crippen LogP contribution in [0.2, 0.25) is 0 Å². The summed E-state index contributed by atoms with van der Waals surface area (Å²) < 4.78 is 4.91. The molecule has 0 spiro atoms. The maximum Gasteiger partial charge on any atom is 0.120 e. The molecule has 0 N–H and O–H groups in total. The number of hydrogen-bond acceptors (Lipinski definition) is 3. The Bertz CT molecular complexity index is 175. The molecular weight excluding hydrogens is 152 g/mol. The van der Waals surface area contributed by atoms with Crippen LogP contribution in [0.15, 0.2) is 30.0 Å². The molecule has 0 aromatic rings. The van der Waals surface area contributed by atoms with E-state index >= 15 is 0 Å². The topological polar surface area (TPSA) is 24.8 Å². The highest BCUT2D eigenvalue weighted by molar-refractivity contribution is 5.71. The molecule has 0 bridgehead atoms. The first-order valence-electron chi connectivity index (χ1n) is 3.76. The van der Waals surface area contributed by atoms with Crippen LogP contribution >= 0.6 is 0 Å². The molecule has 12 heavy (non-hydrogen) atoms. The third-order valence-corrected chi connectivity index (χ3v) is 1.40. The lowest BCUT2D eigenvalue weighted by atomic mass is 10.5. The van der Waals surface area contributed by atoms with Gasteiger partial charge in [0.2, 0.25) is 0 Å². The van der Waals surface area contributed by atoms with Crippen molar-refractivity contribution in [2.24, 2.45) is 4.99 Å². The van der Waals surface area contributed by atoms with Crippen molar-refractivity contribution in [2.45, 2.75) is 0 Å². The lowest BCUT2D eigenvalue weighted by molar-refractivity contribution is 0.173. The zero-order chi connectivity index (χ0) is 9.40. The minimum atomic E-state index is 0.680. The smallest absolute Gasteiger partial charge is 0.120 e. The Morgan fingerprint density at radius 3 is 2.83 bits per heavy atom. The van der Waals surface area contributed by atoms with Crippen LogP contribution in [0.25, 0.3) is 0 Å². The summed E-state index contributed by atoms with van der Waals surface area (Å²) in [6.07, 6.45) is 3.24. The molecule has 0 aliphatic heterocycles. The molecular formula is C9H16N2O. The molecule has 0 saturated heterocycles. The van der Waals surface area contributed by atoms with Crippen molar-refractivity contribution in [3.05, 3.63) is 25.1 Å². The molecule has 0 atom stereocenters. The van der Waals surface area contributed by atoms with Crippen LogP contribution in [0.4, 0.5) is 0 Å². The summed E-state index contributed by atoms with van der Waals surface area (Å²) >= 11 is 0. The van der Waals surface area contributed by atoms with Gasteiger partial charge in [-0.25, -0.2) is 4.99 Å². The molecule has 0 aliphatic rings. The monoisotopic (exact) mass is 168 g/mol. The minimum absolute atomic E-state index is 0.680. The Hall–Kier alpha value is -1.09. The summed E-state index contributed by atoms with van der Waals surface area (Å²) in [6, 6.07) is 0. The van der Waals surface area contributed by atoms with Gasteiger partial charge >= 0.3 is 0 Å². The van der Waals surface area contributed by atoms with Crippen LogP contribution in [-0.4, -0.2) is 38.4 Å². The zero-order valence-electron chi connectivity index (χ0n) is 7.79. The molecule has 68 valence electrons. The van der Waals surface area contributed by atoms with Gasteiger partial charge in [0.15, 0.2) is 0 Å². The van der Waals surface area contributed by atoms with E-state index in [-0.39, 0.29) is 0 Å². The lowest BCUT2D eigenvalue weighted by Gasteiger charge is -2.17. The Balaban J connectivity index is 3.76. The van der Waals surface area contributed by atoms with E-state index in [4.69, 9.17) is 4.74 Å². The number of aliphatic imine (C=N–C) groups is 1. The highest BCUT2D eigenvalue weighted by atomic mass is 16.5. The molecule has 3 heteroatoms. The van der Waals surface area contributed by atoms with E-state index in [0.717, 1.165) is 6.54 Å². The van der Waals surface area contributed by atoms with Gasteiger partial charge in [0, 0.05) is 26.9 Å². The summed E-state index contributed by atoms with van der Waals surface area (Å²) in [7, 11) is 3.59. The zero-order valence-corrected chi connectivity index (χ0v) is 7.79. The van der Waals surface area contributed by atoms with Gasteiger partial charge in [-0.1, -0.05) is 19.2 Å². The van der Waals surface area contributed by atoms with Gasteiger partial charge in [-0.05, 0) is 0 Å². The lowest BCUT2D eigenvalue weighted by Crippen LogP contribution is -2.20. The van der Waals surface area contributed by atoms with Gasteiger partial charge in [-0.15, -0.1) is 0 Å². The Morgan fingerprint density at radius 2 is 2.33 bits per heavy atom. The van der Waals surface area contributed by atoms with E-state index in [2.05, 4.69) is 18.2 Å². The van der Waals surface area contributed by atoms with E-state index in [1.807, 2.05) is 11.9 Å². The van der Waals surface area contributed by atoms with Crippen molar-refractivity contribution in [3.8, 4) is 0 Å². The Kier molecular flexibility index (Phi) is 6.01. The minimum Gasteiger partial charge on any atom is -0.383 e. The molecule has 3 nitrogen and oxygen atoms in total. The SMILES string of the molecule is C=C/C=N\C(=C)N(C)CCOC. The van der Waals surface area contributed by atoms with Crippen molar-refractivity contribution in [1.29, 1.82) is 0 Å². The second kappa shape index (κ2) is 6.61. The predicted octanol–water partition coefficient (Wildman–Crippen LogP) is 1.29. The van der Waals surface area contributed by atoms with E-state index < -0.39 is 0 Å². The van der Waals surface area contributed by atoms with Crippen molar-refractivity contribution in [3.63, 3.8) is 0 Å². The first kappa shape index (κ1) is 10.9. The second-order valence-electron chi connectivity index (χ2n) is 2.34. The molecule has 0 aromatic carbocycles. The van der Waals surface area contributed by atoms with E-state index in [1.165, 1.54) is 0 Å². The molecule has 0 saturated carbocycles. The molecule has 0 fully saturated rings. The van der Waals surface area contributed by atoms with Crippen LogP contribution in [0.3, 0.4) is 0 Å². The van der Waals surface area contributed by atoms with Gasteiger partial charge in [0.25, 0.3) is 0 Å². The van der Waals surface area contributed by atoms with Gasteiger partial charge < -0.3 is 9.64 Å². The molecule has 0 aliphatic carbocycles. The molecule has 0 radical (unpaired) electrons. The maximum absolute atomic E-state index is 4.91. The fourth-order valence-electron chi connectivity index (χ4n) is 0.595. The maximum atomic E-state index is 4.91. The largest absolute Gasteiger partial charge is 0.383 e. The highest BCUT2D eigenvalue weighted by Crippen LogP contribution is 1.97. The number of nitrogens with zero attached hydrogens (tertiary/aromatic N) is 2. The highest BCUT2D eigenvalue weighted by Gasteiger charge is 1.97. The van der Waals surface area contributed by atoms with Crippen molar-refractivity contribution >= 4 is 6.21 Å². The van der Waals surface area contributed by atoms with Crippen molar-refractivity contribution in [2.75, 3.05) is 27.3 Å². The average molecular weight is 168 g/mol. The molecule has 0 unspecified atom stereocenters. The predicted molar refractivity (Wildman–Crippen MR) is 52.3 cm³/mol. The normalized spacial score (nSPS) is 10.2. The molecule has 0 amide bonds. The van der Waals surface area contributed by atoms with Gasteiger partial charge in [0.05, 0.1) is 6.61 Å². The molecule has 0 aromatic heterocycles. The third-order valence-electron chi connectivity index (χ3n) is 1.40. The fraction of sp³-hybridized carbons (Fsp3) is 0.444. The van der Waals surface area contributed by atoms with Gasteiger partial charge in [0.1, 0.15) is 5.82 Å². The van der Waals surface area contributed by atoms with Crippen molar-refractivity contribution in [1.82, 2.24) is 4.90 Å². The Morgan fingerprint density at radius 1 is 1.67 bits per heavy atom. The van der Waals surface area contributed by atoms with E-state index in [0.29, 0.717) is 12.4 Å². The average Bonchev–Trinajstić information content (AvgIpc) is 2.10. The number of likely N-dealkylation sites (N-methyl/N-ethyl adjacent to an activating group) is 1. The van der Waals surface area contributed by atoms with Crippen LogP contribution in [0, 0.1) is 0 Å². The number of allylic oxidation sites excluding steroid dienone is 1. The fourth-order valence-corrected chi connectivity index (χ4v) is 0.595. The summed E-state index contributed by atoms with van der Waals surface area (Å²) in [5.74, 6) is 0.715. The Labute approximate surface area is 74.0 Å². The summed E-state index contributed by atoms with van der Waals surface area (Å²) in [5, 5.41) is 0. The van der Waals surface area contributed by atoms with E-state index in [1.54, 1.807) is 19.4 Å². The number of hydrogen-bond donors (Lipinski definition) is 0. The van der Waals surface area contributed by atoms with Crippen LogP contribution in [-0.2, 0) is 4.74 Å². The van der Waals surface area contributed by atoms with Crippen molar-refractivity contribution < 1.29 is 4.74 Å². The summed E-state index contributed by atoms with van der Waals surface area (Å²) in [5.41, 5.74) is 0. The molecule has 0 heterocycles. The summed E-state index contributed by atoms with van der Waals surface area (Å²) in [6.45, 7) is 8.77. The van der Waals surface area contributed by atoms with Gasteiger partial charge in [-0.3, -0.25) is 0 Å².